The molecule has 1 amide bonds. The fourth-order valence-electron chi connectivity index (χ4n) is 4.07. The van der Waals surface area contributed by atoms with Crippen LogP contribution in [0.2, 0.25) is 0 Å². The van der Waals surface area contributed by atoms with Gasteiger partial charge in [-0.2, -0.15) is 0 Å². The predicted molar refractivity (Wildman–Crippen MR) is 167 cm³/mol. The number of hydrogen-bond acceptors (Lipinski definition) is 4. The third-order valence-corrected chi connectivity index (χ3v) is 6.34. The fourth-order valence-corrected chi connectivity index (χ4v) is 4.07. The number of benzene rings is 1. The lowest BCUT2D eigenvalue weighted by atomic mass is 9.88. The van der Waals surface area contributed by atoms with Gasteiger partial charge in [-0.15, -0.1) is 0 Å². The molecule has 1 aliphatic rings. The molecule has 0 radical (unpaired) electrons. The summed E-state index contributed by atoms with van der Waals surface area (Å²) in [7, 11) is 0. The van der Waals surface area contributed by atoms with Crippen LogP contribution in [0.5, 0.6) is 0 Å². The summed E-state index contributed by atoms with van der Waals surface area (Å²) in [6, 6.07) is 6.11. The summed E-state index contributed by atoms with van der Waals surface area (Å²) in [6.07, 6.45) is 13.4. The van der Waals surface area contributed by atoms with E-state index in [1.165, 1.54) is 37.3 Å². The number of aliphatic hydroxyl groups is 1. The Hall–Kier alpha value is -3.31. The van der Waals surface area contributed by atoms with Crippen molar-refractivity contribution in [3.8, 4) is 0 Å². The molecule has 0 aromatic heterocycles. The summed E-state index contributed by atoms with van der Waals surface area (Å²) in [5.74, 6) is 0.0174. The van der Waals surface area contributed by atoms with Gasteiger partial charge in [0.05, 0.1) is 0 Å². The lowest BCUT2D eigenvalue weighted by Crippen LogP contribution is -2.18. The number of Topliss-reactive ketones (excluding diaryl/α,β-unsaturated/α-hetero) is 1. The SMILES string of the molecule is C=C\C=C(/C=C(C)/C(C=C)=C/N=C(C)C)NC(C)=O.CC.CCC1(c2ccc(C(=O)CCCO)cc2C)CC1. The van der Waals surface area contributed by atoms with Crippen molar-refractivity contribution >= 4 is 17.4 Å². The molecular formula is C34H50N2O3. The summed E-state index contributed by atoms with van der Waals surface area (Å²) >= 11 is 0. The maximum atomic E-state index is 11.9. The van der Waals surface area contributed by atoms with Gasteiger partial charge in [-0.05, 0) is 99.3 Å². The van der Waals surface area contributed by atoms with Crippen LogP contribution in [0, 0.1) is 6.92 Å². The Morgan fingerprint density at radius 3 is 2.21 bits per heavy atom. The van der Waals surface area contributed by atoms with Gasteiger partial charge in [0.1, 0.15) is 0 Å². The molecule has 0 spiro atoms. The number of rotatable bonds is 12. The number of nitrogens with one attached hydrogen (secondary N) is 1. The normalized spacial score (nSPS) is 14.0. The summed E-state index contributed by atoms with van der Waals surface area (Å²) in [4.78, 5) is 27.2. The molecular weight excluding hydrogens is 484 g/mol. The highest BCUT2D eigenvalue weighted by Crippen LogP contribution is 2.51. The molecule has 0 aliphatic heterocycles. The summed E-state index contributed by atoms with van der Waals surface area (Å²) in [5.41, 5.74) is 7.37. The van der Waals surface area contributed by atoms with Gasteiger partial charge in [0, 0.05) is 43.1 Å². The molecule has 0 saturated heterocycles. The molecule has 0 heterocycles. The monoisotopic (exact) mass is 534 g/mol. The molecule has 5 nitrogen and oxygen atoms in total. The second-order valence-corrected chi connectivity index (χ2v) is 9.65. The summed E-state index contributed by atoms with van der Waals surface area (Å²) in [6.45, 7) is 23.1. The van der Waals surface area contributed by atoms with Gasteiger partial charge in [-0.1, -0.05) is 58.2 Å². The van der Waals surface area contributed by atoms with Crippen molar-refractivity contribution in [1.82, 2.24) is 5.32 Å². The van der Waals surface area contributed by atoms with Crippen LogP contribution >= 0.6 is 0 Å². The van der Waals surface area contributed by atoms with Crippen LogP contribution in [0.25, 0.3) is 0 Å². The zero-order valence-corrected chi connectivity index (χ0v) is 25.5. The minimum Gasteiger partial charge on any atom is -0.396 e. The molecule has 1 aliphatic carbocycles. The molecule has 2 N–H and O–H groups in total. The number of nitrogens with zero attached hydrogens (tertiary/aromatic N) is 1. The van der Waals surface area contributed by atoms with E-state index in [9.17, 15) is 9.59 Å². The van der Waals surface area contributed by atoms with Gasteiger partial charge in [0.25, 0.3) is 0 Å². The van der Waals surface area contributed by atoms with Crippen molar-refractivity contribution in [2.45, 2.75) is 92.9 Å². The van der Waals surface area contributed by atoms with Crippen molar-refractivity contribution < 1.29 is 14.7 Å². The molecule has 214 valence electrons. The molecule has 1 aromatic rings. The molecule has 1 saturated carbocycles. The first-order valence-electron chi connectivity index (χ1n) is 13.9. The predicted octanol–water partition coefficient (Wildman–Crippen LogP) is 8.11. The molecule has 1 aromatic carbocycles. The third-order valence-electron chi connectivity index (χ3n) is 6.34. The molecule has 5 heteroatoms. The zero-order valence-electron chi connectivity index (χ0n) is 25.5. The largest absolute Gasteiger partial charge is 0.396 e. The number of aliphatic imine (C=N–C) groups is 1. The Morgan fingerprint density at radius 2 is 1.77 bits per heavy atom. The van der Waals surface area contributed by atoms with E-state index in [1.807, 2.05) is 52.8 Å². The highest BCUT2D eigenvalue weighted by molar-refractivity contribution is 5.96. The van der Waals surface area contributed by atoms with E-state index in [1.54, 1.807) is 24.4 Å². The topological polar surface area (TPSA) is 78.8 Å². The molecule has 1 fully saturated rings. The first-order valence-corrected chi connectivity index (χ1v) is 13.9. The number of hydrogen-bond donors (Lipinski definition) is 2. The summed E-state index contributed by atoms with van der Waals surface area (Å²) in [5, 5.41) is 11.5. The lowest BCUT2D eigenvalue weighted by Gasteiger charge is -2.16. The third kappa shape index (κ3) is 12.9. The van der Waals surface area contributed by atoms with Gasteiger partial charge in [0.15, 0.2) is 5.78 Å². The van der Waals surface area contributed by atoms with Crippen LogP contribution in [0.15, 0.2) is 83.7 Å². The number of aryl methyl sites for hydroxylation is 1. The van der Waals surface area contributed by atoms with E-state index in [-0.39, 0.29) is 18.3 Å². The quantitative estimate of drug-likeness (QED) is 0.161. The number of carbonyl (C=O) groups excluding carboxylic acids is 2. The van der Waals surface area contributed by atoms with Crippen molar-refractivity contribution in [1.29, 1.82) is 0 Å². The Balaban J connectivity index is 0.000000696. The van der Waals surface area contributed by atoms with Crippen LogP contribution in [0.3, 0.4) is 0 Å². The van der Waals surface area contributed by atoms with E-state index in [2.05, 4.69) is 43.4 Å². The number of aliphatic hydroxyl groups excluding tert-OH is 1. The second-order valence-electron chi connectivity index (χ2n) is 9.65. The van der Waals surface area contributed by atoms with Crippen LogP contribution in [-0.2, 0) is 10.2 Å². The maximum Gasteiger partial charge on any atom is 0.221 e. The van der Waals surface area contributed by atoms with Gasteiger partial charge in [0.2, 0.25) is 5.91 Å². The van der Waals surface area contributed by atoms with Crippen LogP contribution in [-0.4, -0.2) is 29.1 Å². The Kier molecular flexibility index (Phi) is 17.3. The van der Waals surface area contributed by atoms with E-state index in [0.717, 1.165) is 22.4 Å². The fraction of sp³-hybridized carbons (Fsp3) is 0.441. The summed E-state index contributed by atoms with van der Waals surface area (Å²) < 4.78 is 0. The first kappa shape index (κ1) is 35.7. The Bertz CT molecular complexity index is 1100. The zero-order chi connectivity index (χ0) is 30.0. The average molecular weight is 535 g/mol. The number of carbonyl (C=O) groups is 2. The van der Waals surface area contributed by atoms with Crippen molar-refractivity contribution in [3.05, 3.63) is 95.4 Å². The van der Waals surface area contributed by atoms with Gasteiger partial charge in [-0.3, -0.25) is 14.6 Å². The maximum absolute atomic E-state index is 11.9. The van der Waals surface area contributed by atoms with Gasteiger partial charge >= 0.3 is 0 Å². The molecule has 2 rings (SSSR count). The number of amides is 1. The lowest BCUT2D eigenvalue weighted by molar-refractivity contribution is -0.118. The van der Waals surface area contributed by atoms with E-state index in [0.29, 0.717) is 24.0 Å². The van der Waals surface area contributed by atoms with Crippen molar-refractivity contribution in [2.24, 2.45) is 4.99 Å². The first-order chi connectivity index (χ1) is 18.5. The number of ketones is 1. The molecule has 0 atom stereocenters. The van der Waals surface area contributed by atoms with Gasteiger partial charge in [-0.25, -0.2) is 0 Å². The van der Waals surface area contributed by atoms with Crippen LogP contribution in [0.4, 0.5) is 0 Å². The standard InChI is InChI=1S/C16H22N2O.C16H22O2.C2H6/c1-7-9-16(18-14(6)19)10-13(5)15(8-2)11-17-12(3)4;1-3-16(8-9-16)14-7-6-13(11-12(14)2)15(18)5-4-10-17;1-2/h7-11H,1-2H2,3-6H3,(H,18,19);6-7,11,17H,3-5,8-10H2,1-2H3;1-2H3/b13-10+,15-11+,16-9+;;. The highest BCUT2D eigenvalue weighted by Gasteiger charge is 2.43. The molecule has 39 heavy (non-hydrogen) atoms. The smallest absolute Gasteiger partial charge is 0.221 e. The molecule has 0 bridgehead atoms. The van der Waals surface area contributed by atoms with Crippen LogP contribution in [0.1, 0.15) is 102 Å². The van der Waals surface area contributed by atoms with E-state index < -0.39 is 0 Å². The van der Waals surface area contributed by atoms with Gasteiger partial charge < -0.3 is 10.4 Å². The highest BCUT2D eigenvalue weighted by atomic mass is 16.3. The Labute approximate surface area is 237 Å². The number of allylic oxidation sites excluding steroid dienone is 6. The minimum absolute atomic E-state index is 0.0851. The van der Waals surface area contributed by atoms with E-state index in [4.69, 9.17) is 5.11 Å². The second kappa shape index (κ2) is 18.9. The van der Waals surface area contributed by atoms with Crippen molar-refractivity contribution in [2.75, 3.05) is 6.61 Å². The van der Waals surface area contributed by atoms with Crippen LogP contribution < -0.4 is 5.32 Å². The van der Waals surface area contributed by atoms with Crippen molar-refractivity contribution in [3.63, 3.8) is 0 Å². The Morgan fingerprint density at radius 1 is 1.13 bits per heavy atom. The van der Waals surface area contributed by atoms with E-state index >= 15 is 0 Å². The minimum atomic E-state index is -0.122. The molecule has 0 unspecified atom stereocenters. The average Bonchev–Trinajstić information content (AvgIpc) is 3.70.